The number of nitrogens with zero attached hydrogens (tertiary/aromatic N) is 1. The molecule has 0 spiro atoms. The van der Waals surface area contributed by atoms with Gasteiger partial charge in [0.05, 0.1) is 21.7 Å². The van der Waals surface area contributed by atoms with E-state index in [1.165, 1.54) is 16.9 Å². The maximum atomic E-state index is 11.9. The van der Waals surface area contributed by atoms with Crippen LogP contribution >= 0.6 is 35.2 Å². The van der Waals surface area contributed by atoms with Crippen LogP contribution in [-0.4, -0.2) is 42.2 Å². The smallest absolute Gasteiger partial charge is 0.316 e. The quantitative estimate of drug-likeness (QED) is 0.285. The van der Waals surface area contributed by atoms with E-state index in [1.54, 1.807) is 36.4 Å². The Labute approximate surface area is 226 Å². The van der Waals surface area contributed by atoms with Crippen molar-refractivity contribution in [2.24, 2.45) is 0 Å². The normalized spacial score (nSPS) is 15.6. The van der Waals surface area contributed by atoms with Crippen molar-refractivity contribution in [3.05, 3.63) is 81.3 Å². The second-order valence-corrected chi connectivity index (χ2v) is 13.4. The van der Waals surface area contributed by atoms with Crippen LogP contribution in [0.3, 0.4) is 0 Å². The maximum Gasteiger partial charge on any atom is 0.316 e. The highest BCUT2D eigenvalue weighted by Crippen LogP contribution is 2.25. The highest BCUT2D eigenvalue weighted by molar-refractivity contribution is 7.91. The van der Waals surface area contributed by atoms with Crippen LogP contribution in [0.2, 0.25) is 5.02 Å². The van der Waals surface area contributed by atoms with E-state index in [-0.39, 0.29) is 11.5 Å². The van der Waals surface area contributed by atoms with Gasteiger partial charge in [-0.3, -0.25) is 4.72 Å². The van der Waals surface area contributed by atoms with Crippen LogP contribution in [0.25, 0.3) is 10.2 Å². The van der Waals surface area contributed by atoms with Crippen molar-refractivity contribution in [3.8, 4) is 5.75 Å². The molecular weight excluding hydrogens is 558 g/mol. The van der Waals surface area contributed by atoms with Gasteiger partial charge in [-0.2, -0.15) is 4.21 Å². The fourth-order valence-corrected chi connectivity index (χ4v) is 6.50. The predicted molar refractivity (Wildman–Crippen MR) is 153 cm³/mol. The van der Waals surface area contributed by atoms with Crippen molar-refractivity contribution in [2.45, 2.75) is 6.92 Å². The number of rotatable bonds is 5. The third kappa shape index (κ3) is 7.53. The topological polar surface area (TPSA) is 91.5 Å². The van der Waals surface area contributed by atoms with E-state index in [0.717, 1.165) is 15.9 Å². The Hall–Kier alpha value is -2.44. The molecule has 1 atom stereocenters. The summed E-state index contributed by atoms with van der Waals surface area (Å²) in [5.41, 5.74) is 3.87. The molecule has 1 aromatic heterocycles. The molecule has 190 valence electrons. The number of benzene rings is 3. The van der Waals surface area contributed by atoms with E-state index < -0.39 is 21.1 Å². The minimum atomic E-state index is -2.77. The van der Waals surface area contributed by atoms with Crippen LogP contribution in [0.4, 0.5) is 11.4 Å². The molecule has 1 fully saturated rings. The lowest BCUT2D eigenvalue weighted by Crippen LogP contribution is -2.40. The molecule has 0 bridgehead atoms. The van der Waals surface area contributed by atoms with Gasteiger partial charge in [0.2, 0.25) is 0 Å². The zero-order valence-corrected chi connectivity index (χ0v) is 23.3. The van der Waals surface area contributed by atoms with Gasteiger partial charge in [0, 0.05) is 35.6 Å². The number of hydrogen-bond donors (Lipinski definition) is 2. The molecule has 0 aliphatic carbocycles. The number of hydrogen-bond acceptors (Lipinski definition) is 7. The van der Waals surface area contributed by atoms with E-state index in [2.05, 4.69) is 26.7 Å². The Morgan fingerprint density at radius 2 is 1.72 bits per heavy atom. The zero-order chi connectivity index (χ0) is 25.7. The number of nitrogens with one attached hydrogen (secondary N) is 2. The lowest BCUT2D eigenvalue weighted by atomic mass is 10.2. The minimum Gasteiger partial charge on any atom is -0.385 e. The standard InChI is InChI=1S/C13H9ClN2O2S3.C11H15NO2S/c14-8-1-3-9(4-2-8)16-21(17)18-10-5-6-12-11(7-10)15-13(19)20-12;1-10-2-4-11(5-3-10)12-6-8-15(13,14)9-7-12/h1-7,16H,(H,15,19);2-5H,6-9H2,1H3. The number of thiazole rings is 1. The lowest BCUT2D eigenvalue weighted by Gasteiger charge is -2.28. The Morgan fingerprint density at radius 1 is 1.06 bits per heavy atom. The summed E-state index contributed by atoms with van der Waals surface area (Å²) in [6.07, 6.45) is 0. The molecule has 0 radical (unpaired) electrons. The van der Waals surface area contributed by atoms with Crippen molar-refractivity contribution < 1.29 is 16.8 Å². The Balaban J connectivity index is 0.000000179. The summed E-state index contributed by atoms with van der Waals surface area (Å²) >= 11 is 10.7. The molecule has 1 saturated heterocycles. The number of aromatic amines is 1. The SMILES string of the molecule is Cc1ccc(N2CCS(=O)(=O)CC2)cc1.O=S(Nc1ccc(Cl)cc1)Oc1ccc2sc(=S)[nH]c2c1. The van der Waals surface area contributed by atoms with Gasteiger partial charge >= 0.3 is 11.3 Å². The largest absolute Gasteiger partial charge is 0.385 e. The lowest BCUT2D eigenvalue weighted by molar-refractivity contribution is 0.568. The number of halogens is 1. The molecule has 0 saturated carbocycles. The van der Waals surface area contributed by atoms with Crippen molar-refractivity contribution in [1.82, 2.24) is 4.98 Å². The molecule has 3 aromatic carbocycles. The van der Waals surface area contributed by atoms with E-state index in [9.17, 15) is 12.6 Å². The molecule has 12 heteroatoms. The molecule has 36 heavy (non-hydrogen) atoms. The van der Waals surface area contributed by atoms with Crippen LogP contribution in [-0.2, 0) is 21.1 Å². The van der Waals surface area contributed by atoms with Gasteiger partial charge in [-0.15, -0.1) is 11.3 Å². The van der Waals surface area contributed by atoms with Crippen molar-refractivity contribution in [1.29, 1.82) is 0 Å². The number of anilines is 2. The van der Waals surface area contributed by atoms with Gasteiger partial charge < -0.3 is 14.1 Å². The van der Waals surface area contributed by atoms with Crippen LogP contribution in [0.15, 0.2) is 66.7 Å². The fourth-order valence-electron chi connectivity index (χ4n) is 3.43. The molecule has 1 aliphatic heterocycles. The van der Waals surface area contributed by atoms with Gasteiger partial charge in [-0.05, 0) is 67.7 Å². The molecule has 2 heterocycles. The summed E-state index contributed by atoms with van der Waals surface area (Å²) in [5, 5.41) is 0.616. The Bertz CT molecular complexity index is 1500. The first-order valence-corrected chi connectivity index (χ1v) is 15.4. The summed E-state index contributed by atoms with van der Waals surface area (Å²) < 4.78 is 44.2. The number of aromatic nitrogens is 1. The van der Waals surface area contributed by atoms with Gasteiger partial charge in [-0.25, -0.2) is 8.42 Å². The highest BCUT2D eigenvalue weighted by Gasteiger charge is 2.21. The van der Waals surface area contributed by atoms with Gasteiger partial charge in [0.1, 0.15) is 5.75 Å². The molecule has 7 nitrogen and oxygen atoms in total. The first-order chi connectivity index (χ1) is 17.2. The summed E-state index contributed by atoms with van der Waals surface area (Å²) in [4.78, 5) is 5.17. The Morgan fingerprint density at radius 3 is 2.39 bits per heavy atom. The van der Waals surface area contributed by atoms with Crippen LogP contribution in [0.1, 0.15) is 5.56 Å². The summed E-state index contributed by atoms with van der Waals surface area (Å²) in [6, 6.07) is 20.5. The first kappa shape index (κ1) is 26.6. The first-order valence-electron chi connectivity index (χ1n) is 10.9. The third-order valence-corrected chi connectivity index (χ3v) is 9.17. The average molecular weight is 582 g/mol. The van der Waals surface area contributed by atoms with E-state index in [1.807, 2.05) is 25.1 Å². The summed E-state index contributed by atoms with van der Waals surface area (Å²) in [7, 11) is -2.77. The van der Waals surface area contributed by atoms with Crippen LogP contribution < -0.4 is 13.8 Å². The van der Waals surface area contributed by atoms with Gasteiger partial charge in [0.25, 0.3) is 0 Å². The molecule has 2 N–H and O–H groups in total. The fraction of sp³-hybridized carbons (Fsp3) is 0.208. The summed E-state index contributed by atoms with van der Waals surface area (Å²) in [5.74, 6) is 1.05. The number of sulfone groups is 1. The highest BCUT2D eigenvalue weighted by atomic mass is 35.5. The molecule has 0 amide bonds. The minimum absolute atomic E-state index is 0.279. The molecule has 1 unspecified atom stereocenters. The number of fused-ring (bicyclic) bond motifs is 1. The molecule has 5 rings (SSSR count). The molecular formula is C24H24ClN3O4S4. The number of aryl methyl sites for hydroxylation is 1. The van der Waals surface area contributed by atoms with Gasteiger partial charge in [0.15, 0.2) is 13.8 Å². The van der Waals surface area contributed by atoms with Crippen molar-refractivity contribution in [3.63, 3.8) is 0 Å². The van der Waals surface area contributed by atoms with Crippen LogP contribution in [0.5, 0.6) is 5.75 Å². The number of H-pyrrole nitrogens is 1. The second-order valence-electron chi connectivity index (χ2n) is 8.07. The van der Waals surface area contributed by atoms with E-state index in [4.69, 9.17) is 28.0 Å². The third-order valence-electron chi connectivity index (χ3n) is 5.35. The summed E-state index contributed by atoms with van der Waals surface area (Å²) in [6.45, 7) is 3.28. The maximum absolute atomic E-state index is 11.9. The predicted octanol–water partition coefficient (Wildman–Crippen LogP) is 5.91. The van der Waals surface area contributed by atoms with Gasteiger partial charge in [-0.1, -0.05) is 29.3 Å². The van der Waals surface area contributed by atoms with E-state index in [0.29, 0.717) is 33.5 Å². The zero-order valence-electron chi connectivity index (χ0n) is 19.3. The second kappa shape index (κ2) is 11.7. The molecule has 4 aromatic rings. The Kier molecular flexibility index (Phi) is 8.68. The monoisotopic (exact) mass is 581 g/mol. The van der Waals surface area contributed by atoms with E-state index >= 15 is 0 Å². The van der Waals surface area contributed by atoms with Crippen LogP contribution in [0, 0.1) is 10.9 Å². The van der Waals surface area contributed by atoms with Crippen molar-refractivity contribution >= 4 is 77.9 Å². The van der Waals surface area contributed by atoms with Crippen molar-refractivity contribution in [2.75, 3.05) is 34.2 Å². The molecule has 1 aliphatic rings. The average Bonchev–Trinajstić information content (AvgIpc) is 3.21.